The van der Waals surface area contributed by atoms with Crippen LogP contribution in [0, 0.1) is 13.8 Å². The Morgan fingerprint density at radius 3 is 2.57 bits per heavy atom. The number of nitrogens with one attached hydrogen (secondary N) is 1. The number of hydrogen-bond acceptors (Lipinski definition) is 3. The van der Waals surface area contributed by atoms with Crippen molar-refractivity contribution in [1.82, 2.24) is 0 Å². The Morgan fingerprint density at radius 1 is 1.29 bits per heavy atom. The van der Waals surface area contributed by atoms with Crippen LogP contribution >= 0.6 is 11.8 Å². The van der Waals surface area contributed by atoms with Crippen LogP contribution in [0.25, 0.3) is 0 Å². The first-order valence-corrected chi connectivity index (χ1v) is 8.16. The molecule has 1 amide bonds. The summed E-state index contributed by atoms with van der Waals surface area (Å²) in [6.45, 7) is 6.10. The van der Waals surface area contributed by atoms with E-state index in [0.29, 0.717) is 5.75 Å². The van der Waals surface area contributed by atoms with Gasteiger partial charge in [0.25, 0.3) is 0 Å². The lowest BCUT2D eigenvalue weighted by Gasteiger charge is -2.15. The van der Waals surface area contributed by atoms with Gasteiger partial charge in [0.1, 0.15) is 5.76 Å². The molecular formula is C17H21NO2S. The van der Waals surface area contributed by atoms with Crippen molar-refractivity contribution in [2.75, 3.05) is 5.32 Å². The molecule has 1 aromatic heterocycles. The lowest BCUT2D eigenvalue weighted by atomic mass is 10.1. The normalized spacial score (nSPS) is 12.1. The number of furan rings is 1. The highest BCUT2D eigenvalue weighted by atomic mass is 32.2. The molecule has 0 radical (unpaired) electrons. The zero-order valence-corrected chi connectivity index (χ0v) is 13.5. The number of anilines is 1. The van der Waals surface area contributed by atoms with Crippen LogP contribution in [0.3, 0.4) is 0 Å². The van der Waals surface area contributed by atoms with Crippen LogP contribution in [0.4, 0.5) is 5.69 Å². The lowest BCUT2D eigenvalue weighted by molar-refractivity contribution is -0.115. The van der Waals surface area contributed by atoms with Crippen molar-refractivity contribution < 1.29 is 9.21 Å². The second kappa shape index (κ2) is 7.36. The number of hydrogen-bond donors (Lipinski definition) is 1. The van der Waals surface area contributed by atoms with Crippen LogP contribution in [0.15, 0.2) is 41.0 Å². The van der Waals surface area contributed by atoms with E-state index in [1.165, 1.54) is 0 Å². The van der Waals surface area contributed by atoms with E-state index in [2.05, 4.69) is 11.4 Å². The highest BCUT2D eigenvalue weighted by molar-refractivity contribution is 7.99. The average Bonchev–Trinajstić information content (AvgIpc) is 2.91. The van der Waals surface area contributed by atoms with Crippen LogP contribution in [0.5, 0.6) is 0 Å². The molecule has 1 unspecified atom stereocenters. The quantitative estimate of drug-likeness (QED) is 0.851. The largest absolute Gasteiger partial charge is 0.468 e. The van der Waals surface area contributed by atoms with Gasteiger partial charge in [-0.05, 0) is 55.7 Å². The molecule has 4 heteroatoms. The fourth-order valence-electron chi connectivity index (χ4n) is 2.23. The monoisotopic (exact) mass is 303 g/mol. The molecule has 2 aromatic rings. The summed E-state index contributed by atoms with van der Waals surface area (Å²) in [7, 11) is 0. The van der Waals surface area contributed by atoms with Gasteiger partial charge in [-0.25, -0.2) is 0 Å². The maximum atomic E-state index is 12.4. The first kappa shape index (κ1) is 15.7. The number of rotatable bonds is 6. The Labute approximate surface area is 130 Å². The number of aryl methyl sites for hydroxylation is 2. The van der Waals surface area contributed by atoms with Gasteiger partial charge in [0.15, 0.2) is 0 Å². The van der Waals surface area contributed by atoms with E-state index in [0.717, 1.165) is 29.0 Å². The Balaban J connectivity index is 1.96. The molecular weight excluding hydrogens is 282 g/mol. The van der Waals surface area contributed by atoms with Gasteiger partial charge in [0.2, 0.25) is 5.91 Å². The predicted octanol–water partition coefficient (Wildman–Crippen LogP) is 4.55. The molecule has 112 valence electrons. The summed E-state index contributed by atoms with van der Waals surface area (Å²) in [4.78, 5) is 12.4. The van der Waals surface area contributed by atoms with E-state index in [1.807, 2.05) is 45.0 Å². The molecule has 1 N–H and O–H groups in total. The minimum atomic E-state index is -0.0732. The Kier molecular flexibility index (Phi) is 5.51. The molecule has 0 bridgehead atoms. The minimum absolute atomic E-state index is 0.0547. The molecule has 3 nitrogen and oxygen atoms in total. The Morgan fingerprint density at radius 2 is 2.00 bits per heavy atom. The van der Waals surface area contributed by atoms with Gasteiger partial charge in [-0.1, -0.05) is 13.0 Å². The maximum absolute atomic E-state index is 12.4. The van der Waals surface area contributed by atoms with Crippen LogP contribution in [-0.2, 0) is 10.5 Å². The second-order valence-corrected chi connectivity index (χ2v) is 6.34. The summed E-state index contributed by atoms with van der Waals surface area (Å²) in [5.41, 5.74) is 3.18. The van der Waals surface area contributed by atoms with Crippen LogP contribution in [0.1, 0.15) is 30.2 Å². The predicted molar refractivity (Wildman–Crippen MR) is 88.6 cm³/mol. The first-order chi connectivity index (χ1) is 10.1. The fraction of sp³-hybridized carbons (Fsp3) is 0.353. The summed E-state index contributed by atoms with van der Waals surface area (Å²) < 4.78 is 5.31. The van der Waals surface area contributed by atoms with Gasteiger partial charge in [0, 0.05) is 5.69 Å². The molecule has 1 atom stereocenters. The van der Waals surface area contributed by atoms with Crippen molar-refractivity contribution in [3.8, 4) is 0 Å². The van der Waals surface area contributed by atoms with Crippen molar-refractivity contribution in [3.05, 3.63) is 53.5 Å². The van der Waals surface area contributed by atoms with Crippen molar-refractivity contribution in [2.45, 2.75) is 38.2 Å². The summed E-state index contributed by atoms with van der Waals surface area (Å²) in [5.74, 6) is 1.67. The first-order valence-electron chi connectivity index (χ1n) is 7.11. The molecule has 0 fully saturated rings. The second-order valence-electron chi connectivity index (χ2n) is 5.15. The highest BCUT2D eigenvalue weighted by Crippen LogP contribution is 2.23. The van der Waals surface area contributed by atoms with Gasteiger partial charge >= 0.3 is 0 Å². The van der Waals surface area contributed by atoms with Crippen molar-refractivity contribution in [2.24, 2.45) is 0 Å². The van der Waals surface area contributed by atoms with E-state index in [1.54, 1.807) is 18.0 Å². The molecule has 21 heavy (non-hydrogen) atoms. The van der Waals surface area contributed by atoms with Crippen molar-refractivity contribution in [3.63, 3.8) is 0 Å². The fourth-order valence-corrected chi connectivity index (χ4v) is 3.20. The highest BCUT2D eigenvalue weighted by Gasteiger charge is 2.17. The van der Waals surface area contributed by atoms with Gasteiger partial charge in [-0.2, -0.15) is 0 Å². The molecule has 0 aliphatic carbocycles. The molecule has 0 aliphatic heterocycles. The number of carbonyl (C=O) groups excluding carboxylic acids is 1. The Bertz CT molecular complexity index is 573. The zero-order chi connectivity index (χ0) is 15.2. The standard InChI is InChI=1S/C17H21NO2S/c1-4-16(21-11-15-6-5-7-20-15)17(19)18-14-9-12(2)8-13(3)10-14/h5-10,16H,4,11H2,1-3H3,(H,18,19). The van der Waals surface area contributed by atoms with Crippen LogP contribution in [-0.4, -0.2) is 11.2 Å². The van der Waals surface area contributed by atoms with Crippen LogP contribution < -0.4 is 5.32 Å². The molecule has 2 rings (SSSR count). The third kappa shape index (κ3) is 4.67. The number of benzene rings is 1. The third-order valence-electron chi connectivity index (χ3n) is 3.16. The van der Waals surface area contributed by atoms with Gasteiger partial charge in [-0.15, -0.1) is 11.8 Å². The third-order valence-corrected chi connectivity index (χ3v) is 4.56. The summed E-state index contributed by atoms with van der Waals surface area (Å²) in [6.07, 6.45) is 2.45. The van der Waals surface area contributed by atoms with E-state index < -0.39 is 0 Å². The SMILES string of the molecule is CCC(SCc1ccco1)C(=O)Nc1cc(C)cc(C)c1. The Hall–Kier alpha value is -1.68. The molecule has 1 heterocycles. The number of carbonyl (C=O) groups is 1. The van der Waals surface area contributed by atoms with E-state index >= 15 is 0 Å². The topological polar surface area (TPSA) is 42.2 Å². The summed E-state index contributed by atoms with van der Waals surface area (Å²) in [5, 5.41) is 2.94. The van der Waals surface area contributed by atoms with Gasteiger partial charge in [-0.3, -0.25) is 4.79 Å². The van der Waals surface area contributed by atoms with Gasteiger partial charge < -0.3 is 9.73 Å². The summed E-state index contributed by atoms with van der Waals surface area (Å²) in [6, 6.07) is 9.89. The molecule has 0 saturated carbocycles. The zero-order valence-electron chi connectivity index (χ0n) is 12.7. The van der Waals surface area contributed by atoms with Crippen molar-refractivity contribution in [1.29, 1.82) is 0 Å². The average molecular weight is 303 g/mol. The van der Waals surface area contributed by atoms with Crippen LogP contribution in [0.2, 0.25) is 0 Å². The van der Waals surface area contributed by atoms with E-state index in [4.69, 9.17) is 4.42 Å². The van der Waals surface area contributed by atoms with E-state index in [-0.39, 0.29) is 11.2 Å². The smallest absolute Gasteiger partial charge is 0.237 e. The molecule has 0 spiro atoms. The number of amides is 1. The molecule has 0 saturated heterocycles. The lowest BCUT2D eigenvalue weighted by Crippen LogP contribution is -2.24. The number of thioether (sulfide) groups is 1. The molecule has 0 aliphatic rings. The van der Waals surface area contributed by atoms with E-state index in [9.17, 15) is 4.79 Å². The maximum Gasteiger partial charge on any atom is 0.237 e. The molecule has 1 aromatic carbocycles. The minimum Gasteiger partial charge on any atom is -0.468 e. The summed E-state index contributed by atoms with van der Waals surface area (Å²) >= 11 is 1.61. The van der Waals surface area contributed by atoms with Crippen molar-refractivity contribution >= 4 is 23.4 Å². The van der Waals surface area contributed by atoms with Gasteiger partial charge in [0.05, 0.1) is 17.3 Å².